The van der Waals surface area contributed by atoms with Crippen molar-refractivity contribution in [2.75, 3.05) is 26.1 Å². The van der Waals surface area contributed by atoms with Gasteiger partial charge < -0.3 is 20.1 Å². The summed E-state index contributed by atoms with van der Waals surface area (Å²) in [5.41, 5.74) is 0.558. The standard InChI is InChI=1S/C13H17ClN2O3/c1-18-11-7-10(12(19-2)6-8(11)14)16-13(17)9-4-3-5-15-9/h6-7,9,15H,3-5H2,1-2H3,(H,16,17)/t9-/m1/s1. The Hall–Kier alpha value is -1.46. The predicted octanol–water partition coefficient (Wildman–Crippen LogP) is 2.05. The fourth-order valence-electron chi connectivity index (χ4n) is 2.09. The molecule has 0 bridgehead atoms. The Morgan fingerprint density at radius 2 is 2.11 bits per heavy atom. The van der Waals surface area contributed by atoms with Gasteiger partial charge in [-0.25, -0.2) is 0 Å². The van der Waals surface area contributed by atoms with Gasteiger partial charge in [-0.2, -0.15) is 0 Å². The lowest BCUT2D eigenvalue weighted by molar-refractivity contribution is -0.117. The molecule has 1 aromatic rings. The normalized spacial score (nSPS) is 18.2. The van der Waals surface area contributed by atoms with Gasteiger partial charge in [-0.1, -0.05) is 11.6 Å². The van der Waals surface area contributed by atoms with Gasteiger partial charge in [0.1, 0.15) is 11.5 Å². The highest BCUT2D eigenvalue weighted by Crippen LogP contribution is 2.36. The van der Waals surface area contributed by atoms with Gasteiger partial charge in [-0.3, -0.25) is 4.79 Å². The summed E-state index contributed by atoms with van der Waals surface area (Å²) in [7, 11) is 3.05. The molecule has 0 unspecified atom stereocenters. The molecule has 5 nitrogen and oxygen atoms in total. The molecule has 1 aliphatic rings. The summed E-state index contributed by atoms with van der Waals surface area (Å²) in [4.78, 5) is 12.1. The molecular formula is C13H17ClN2O3. The van der Waals surface area contributed by atoms with Crippen LogP contribution < -0.4 is 20.1 Å². The SMILES string of the molecule is COc1cc(NC(=O)[C@H]2CCCN2)c(OC)cc1Cl. The molecule has 0 saturated carbocycles. The number of ether oxygens (including phenoxy) is 2. The second-order valence-electron chi connectivity index (χ2n) is 4.33. The Balaban J connectivity index is 2.20. The number of hydrogen-bond donors (Lipinski definition) is 2. The van der Waals surface area contributed by atoms with E-state index >= 15 is 0 Å². The van der Waals surface area contributed by atoms with E-state index in [0.29, 0.717) is 22.2 Å². The Morgan fingerprint density at radius 1 is 1.37 bits per heavy atom. The van der Waals surface area contributed by atoms with Crippen molar-refractivity contribution in [3.05, 3.63) is 17.2 Å². The zero-order valence-corrected chi connectivity index (χ0v) is 11.7. The first-order valence-corrected chi connectivity index (χ1v) is 6.49. The number of benzene rings is 1. The highest BCUT2D eigenvalue weighted by Gasteiger charge is 2.23. The van der Waals surface area contributed by atoms with Gasteiger partial charge in [0.05, 0.1) is 31.0 Å². The third-order valence-corrected chi connectivity index (χ3v) is 3.40. The van der Waals surface area contributed by atoms with Crippen LogP contribution in [0.4, 0.5) is 5.69 Å². The summed E-state index contributed by atoms with van der Waals surface area (Å²) in [6, 6.07) is 3.14. The van der Waals surface area contributed by atoms with E-state index in [4.69, 9.17) is 21.1 Å². The molecule has 1 amide bonds. The number of carbonyl (C=O) groups excluding carboxylic acids is 1. The number of carbonyl (C=O) groups is 1. The lowest BCUT2D eigenvalue weighted by Gasteiger charge is -2.15. The number of halogens is 1. The molecular weight excluding hydrogens is 268 g/mol. The van der Waals surface area contributed by atoms with E-state index in [1.807, 2.05) is 0 Å². The lowest BCUT2D eigenvalue weighted by Crippen LogP contribution is -2.35. The molecule has 6 heteroatoms. The van der Waals surface area contributed by atoms with Crippen LogP contribution in [0.1, 0.15) is 12.8 Å². The van der Waals surface area contributed by atoms with Crippen LogP contribution in [0.15, 0.2) is 12.1 Å². The summed E-state index contributed by atoms with van der Waals surface area (Å²) in [5.74, 6) is 0.939. The van der Waals surface area contributed by atoms with Crippen LogP contribution in [0.2, 0.25) is 5.02 Å². The Bertz CT molecular complexity index is 473. The molecule has 1 atom stereocenters. The van der Waals surface area contributed by atoms with Gasteiger partial charge in [-0.15, -0.1) is 0 Å². The average Bonchev–Trinajstić information content (AvgIpc) is 2.94. The number of methoxy groups -OCH3 is 2. The molecule has 104 valence electrons. The molecule has 0 aromatic heterocycles. The summed E-state index contributed by atoms with van der Waals surface area (Å²) < 4.78 is 10.4. The average molecular weight is 285 g/mol. The molecule has 2 N–H and O–H groups in total. The Labute approximate surface area is 117 Å². The first-order valence-electron chi connectivity index (χ1n) is 6.11. The van der Waals surface area contributed by atoms with Crippen molar-refractivity contribution in [1.82, 2.24) is 5.32 Å². The molecule has 1 aromatic carbocycles. The lowest BCUT2D eigenvalue weighted by atomic mass is 10.2. The number of amides is 1. The minimum absolute atomic E-state index is 0.0693. The molecule has 2 rings (SSSR count). The van der Waals surface area contributed by atoms with Crippen molar-refractivity contribution < 1.29 is 14.3 Å². The number of hydrogen-bond acceptors (Lipinski definition) is 4. The largest absolute Gasteiger partial charge is 0.495 e. The zero-order valence-electron chi connectivity index (χ0n) is 11.0. The van der Waals surface area contributed by atoms with E-state index in [0.717, 1.165) is 19.4 Å². The van der Waals surface area contributed by atoms with Gasteiger partial charge in [0.2, 0.25) is 5.91 Å². The molecule has 1 saturated heterocycles. The first-order chi connectivity index (χ1) is 9.15. The summed E-state index contributed by atoms with van der Waals surface area (Å²) in [6.45, 7) is 0.874. The number of nitrogens with one attached hydrogen (secondary N) is 2. The van der Waals surface area contributed by atoms with Gasteiger partial charge in [0.25, 0.3) is 0 Å². The molecule has 0 aliphatic carbocycles. The summed E-state index contributed by atoms with van der Waals surface area (Å²) in [6.07, 6.45) is 1.86. The fourth-order valence-corrected chi connectivity index (χ4v) is 2.32. The van der Waals surface area contributed by atoms with E-state index in [1.54, 1.807) is 12.1 Å². The molecule has 19 heavy (non-hydrogen) atoms. The van der Waals surface area contributed by atoms with Crippen molar-refractivity contribution in [3.63, 3.8) is 0 Å². The second-order valence-corrected chi connectivity index (χ2v) is 4.73. The van der Waals surface area contributed by atoms with Crippen LogP contribution in [0.25, 0.3) is 0 Å². The van der Waals surface area contributed by atoms with Crippen LogP contribution in [-0.4, -0.2) is 32.7 Å². The topological polar surface area (TPSA) is 59.6 Å². The maximum absolute atomic E-state index is 12.1. The first kappa shape index (κ1) is 14.0. The van der Waals surface area contributed by atoms with Crippen LogP contribution in [0.3, 0.4) is 0 Å². The molecule has 1 aliphatic heterocycles. The van der Waals surface area contributed by atoms with Crippen molar-refractivity contribution >= 4 is 23.2 Å². The van der Waals surface area contributed by atoms with Crippen molar-refractivity contribution in [2.24, 2.45) is 0 Å². The summed E-state index contributed by atoms with van der Waals surface area (Å²) >= 11 is 6.01. The number of rotatable bonds is 4. The molecule has 1 heterocycles. The minimum Gasteiger partial charge on any atom is -0.495 e. The monoisotopic (exact) mass is 284 g/mol. The smallest absolute Gasteiger partial charge is 0.241 e. The third kappa shape index (κ3) is 3.11. The van der Waals surface area contributed by atoms with Crippen molar-refractivity contribution in [1.29, 1.82) is 0 Å². The Kier molecular flexibility index (Phi) is 4.50. The highest BCUT2D eigenvalue weighted by atomic mass is 35.5. The maximum atomic E-state index is 12.1. The van der Waals surface area contributed by atoms with Gasteiger partial charge in [-0.05, 0) is 19.4 Å². The van der Waals surface area contributed by atoms with E-state index < -0.39 is 0 Å². The van der Waals surface area contributed by atoms with Gasteiger partial charge in [0, 0.05) is 12.1 Å². The minimum atomic E-state index is -0.147. The zero-order chi connectivity index (χ0) is 13.8. The maximum Gasteiger partial charge on any atom is 0.241 e. The third-order valence-electron chi connectivity index (χ3n) is 3.11. The van der Waals surface area contributed by atoms with Crippen molar-refractivity contribution in [2.45, 2.75) is 18.9 Å². The van der Waals surface area contributed by atoms with Crippen LogP contribution in [0, 0.1) is 0 Å². The van der Waals surface area contributed by atoms with Crippen LogP contribution in [-0.2, 0) is 4.79 Å². The van der Waals surface area contributed by atoms with Gasteiger partial charge in [0.15, 0.2) is 0 Å². The van der Waals surface area contributed by atoms with Gasteiger partial charge >= 0.3 is 0 Å². The Morgan fingerprint density at radius 3 is 2.68 bits per heavy atom. The van der Waals surface area contributed by atoms with E-state index in [9.17, 15) is 4.79 Å². The highest BCUT2D eigenvalue weighted by molar-refractivity contribution is 6.32. The van der Waals surface area contributed by atoms with E-state index in [-0.39, 0.29) is 11.9 Å². The molecule has 0 radical (unpaired) electrons. The van der Waals surface area contributed by atoms with E-state index in [1.165, 1.54) is 14.2 Å². The second kappa shape index (κ2) is 6.12. The van der Waals surface area contributed by atoms with E-state index in [2.05, 4.69) is 10.6 Å². The number of anilines is 1. The molecule has 0 spiro atoms. The van der Waals surface area contributed by atoms with Crippen molar-refractivity contribution in [3.8, 4) is 11.5 Å². The van der Waals surface area contributed by atoms with Crippen LogP contribution >= 0.6 is 11.6 Å². The quantitative estimate of drug-likeness (QED) is 0.888. The summed E-state index contributed by atoms with van der Waals surface area (Å²) in [5, 5.41) is 6.43. The molecule has 1 fully saturated rings. The predicted molar refractivity (Wildman–Crippen MR) is 74.2 cm³/mol. The fraction of sp³-hybridized carbons (Fsp3) is 0.462. The van der Waals surface area contributed by atoms with Crippen LogP contribution in [0.5, 0.6) is 11.5 Å².